The van der Waals surface area contributed by atoms with Gasteiger partial charge in [-0.3, -0.25) is 0 Å². The van der Waals surface area contributed by atoms with Crippen molar-refractivity contribution >= 4 is 20.2 Å². The molecule has 1 fully saturated rings. The maximum Gasteiger partial charge on any atom is 0.266 e. The van der Waals surface area contributed by atoms with Crippen molar-refractivity contribution < 1.29 is 25.2 Å². The second kappa shape index (κ2) is 5.64. The second-order valence-electron chi connectivity index (χ2n) is 4.37. The van der Waals surface area contributed by atoms with Crippen LogP contribution in [0.15, 0.2) is 0 Å². The van der Waals surface area contributed by atoms with E-state index in [4.69, 9.17) is 8.37 Å². The van der Waals surface area contributed by atoms with Crippen LogP contribution in [0.2, 0.25) is 0 Å². The van der Waals surface area contributed by atoms with Gasteiger partial charge in [-0.2, -0.15) is 16.8 Å². The minimum Gasteiger partial charge on any atom is -0.237 e. The Bertz CT molecular complexity index is 398. The molecule has 0 heterocycles. The molecule has 8 heteroatoms. The summed E-state index contributed by atoms with van der Waals surface area (Å²) in [4.78, 5) is 0. The van der Waals surface area contributed by atoms with Gasteiger partial charge >= 0.3 is 0 Å². The summed E-state index contributed by atoms with van der Waals surface area (Å²) in [5, 5.41) is 0. The van der Waals surface area contributed by atoms with Crippen LogP contribution in [-0.2, 0) is 28.6 Å². The largest absolute Gasteiger partial charge is 0.266 e. The van der Waals surface area contributed by atoms with Crippen LogP contribution in [0.25, 0.3) is 0 Å². The zero-order valence-corrected chi connectivity index (χ0v) is 11.6. The monoisotopic (exact) mass is 286 g/mol. The van der Waals surface area contributed by atoms with Gasteiger partial charge in [0.15, 0.2) is 6.29 Å². The van der Waals surface area contributed by atoms with Crippen LogP contribution in [0, 0.1) is 5.92 Å². The number of hydrogen-bond acceptors (Lipinski definition) is 6. The summed E-state index contributed by atoms with van der Waals surface area (Å²) in [7, 11) is -7.47. The third-order valence-corrected chi connectivity index (χ3v) is 3.65. The van der Waals surface area contributed by atoms with E-state index in [1.807, 2.05) is 0 Å². The minimum atomic E-state index is -3.73. The van der Waals surface area contributed by atoms with E-state index in [0.717, 1.165) is 44.6 Å². The van der Waals surface area contributed by atoms with Crippen molar-refractivity contribution in [2.75, 3.05) is 12.5 Å². The van der Waals surface area contributed by atoms with Crippen molar-refractivity contribution in [1.29, 1.82) is 0 Å². The molecule has 0 amide bonds. The maximum absolute atomic E-state index is 11.1. The van der Waals surface area contributed by atoms with Gasteiger partial charge in [0, 0.05) is 5.92 Å². The van der Waals surface area contributed by atoms with E-state index in [2.05, 4.69) is 0 Å². The Labute approximate surface area is 103 Å². The van der Waals surface area contributed by atoms with Gasteiger partial charge < -0.3 is 0 Å². The zero-order chi connectivity index (χ0) is 13.1. The third-order valence-electron chi connectivity index (χ3n) is 2.57. The van der Waals surface area contributed by atoms with Gasteiger partial charge in [0.25, 0.3) is 20.2 Å². The highest BCUT2D eigenvalue weighted by molar-refractivity contribution is 7.86. The van der Waals surface area contributed by atoms with Crippen molar-refractivity contribution in [2.24, 2.45) is 5.92 Å². The fourth-order valence-corrected chi connectivity index (χ4v) is 3.06. The quantitative estimate of drug-likeness (QED) is 0.550. The third kappa shape index (κ3) is 6.35. The highest BCUT2D eigenvalue weighted by Crippen LogP contribution is 2.29. The van der Waals surface area contributed by atoms with Crippen molar-refractivity contribution in [2.45, 2.75) is 38.4 Å². The lowest BCUT2D eigenvalue weighted by atomic mass is 9.89. The molecule has 102 valence electrons. The van der Waals surface area contributed by atoms with Crippen molar-refractivity contribution in [3.8, 4) is 0 Å². The molecule has 0 aromatic carbocycles. The van der Waals surface area contributed by atoms with Crippen molar-refractivity contribution in [3.63, 3.8) is 0 Å². The first-order chi connectivity index (χ1) is 7.67. The SMILES string of the molecule is CS(=O)(=O)OC(OS(C)(=O)=O)C1CCCCC1. The standard InChI is InChI=1S/C9H18O6S2/c1-16(10,11)14-9(15-17(2,12)13)8-6-4-3-5-7-8/h8-9H,3-7H2,1-2H3. The van der Waals surface area contributed by atoms with Crippen LogP contribution in [0.5, 0.6) is 0 Å². The summed E-state index contributed by atoms with van der Waals surface area (Å²) in [6, 6.07) is 0. The molecule has 17 heavy (non-hydrogen) atoms. The van der Waals surface area contributed by atoms with Crippen LogP contribution in [0.1, 0.15) is 32.1 Å². The summed E-state index contributed by atoms with van der Waals surface area (Å²) in [5.41, 5.74) is 0. The van der Waals surface area contributed by atoms with Crippen LogP contribution < -0.4 is 0 Å². The van der Waals surface area contributed by atoms with Crippen LogP contribution >= 0.6 is 0 Å². The molecule has 1 aliphatic carbocycles. The van der Waals surface area contributed by atoms with E-state index in [-0.39, 0.29) is 5.92 Å². The van der Waals surface area contributed by atoms with E-state index in [1.54, 1.807) is 0 Å². The second-order valence-corrected chi connectivity index (χ2v) is 7.57. The van der Waals surface area contributed by atoms with E-state index in [0.29, 0.717) is 0 Å². The van der Waals surface area contributed by atoms with Crippen LogP contribution in [-0.4, -0.2) is 35.6 Å². The Morgan fingerprint density at radius 1 is 0.882 bits per heavy atom. The fourth-order valence-electron chi connectivity index (χ4n) is 1.92. The predicted octanol–water partition coefficient (Wildman–Crippen LogP) is 0.845. The average molecular weight is 286 g/mol. The first kappa shape index (κ1) is 14.9. The molecular formula is C9H18O6S2. The molecule has 0 radical (unpaired) electrons. The molecule has 0 spiro atoms. The molecule has 1 aliphatic rings. The van der Waals surface area contributed by atoms with Crippen molar-refractivity contribution in [3.05, 3.63) is 0 Å². The molecule has 1 saturated carbocycles. The molecule has 6 nitrogen and oxygen atoms in total. The maximum atomic E-state index is 11.1. The lowest BCUT2D eigenvalue weighted by Gasteiger charge is -2.28. The summed E-state index contributed by atoms with van der Waals surface area (Å²) >= 11 is 0. The summed E-state index contributed by atoms with van der Waals surface area (Å²) < 4.78 is 53.7. The van der Waals surface area contributed by atoms with Crippen molar-refractivity contribution in [1.82, 2.24) is 0 Å². The highest BCUT2D eigenvalue weighted by atomic mass is 32.2. The smallest absolute Gasteiger partial charge is 0.237 e. The molecule has 1 rings (SSSR count). The lowest BCUT2D eigenvalue weighted by molar-refractivity contribution is -0.0413. The van der Waals surface area contributed by atoms with Crippen LogP contribution in [0.3, 0.4) is 0 Å². The van der Waals surface area contributed by atoms with Crippen LogP contribution in [0.4, 0.5) is 0 Å². The van der Waals surface area contributed by atoms with E-state index in [9.17, 15) is 16.8 Å². The van der Waals surface area contributed by atoms with Gasteiger partial charge in [-0.25, -0.2) is 8.37 Å². The Balaban J connectivity index is 2.77. The molecule has 0 aliphatic heterocycles. The van der Waals surface area contributed by atoms with E-state index in [1.165, 1.54) is 0 Å². The highest BCUT2D eigenvalue weighted by Gasteiger charge is 2.31. The lowest BCUT2D eigenvalue weighted by Crippen LogP contribution is -2.32. The average Bonchev–Trinajstić information content (AvgIpc) is 2.14. The minimum absolute atomic E-state index is 0.187. The van der Waals surface area contributed by atoms with Gasteiger partial charge in [0.1, 0.15) is 0 Å². The molecule has 0 atom stereocenters. The Hall–Kier alpha value is -0.180. The van der Waals surface area contributed by atoms with E-state index >= 15 is 0 Å². The molecule has 0 N–H and O–H groups in total. The number of hydrogen-bond donors (Lipinski definition) is 0. The molecule has 0 aromatic rings. The summed E-state index contributed by atoms with van der Waals surface area (Å²) in [6.07, 6.45) is 4.92. The fraction of sp³-hybridized carbons (Fsp3) is 1.00. The zero-order valence-electron chi connectivity index (χ0n) is 9.96. The topological polar surface area (TPSA) is 86.7 Å². The Kier molecular flexibility index (Phi) is 4.94. The Morgan fingerprint density at radius 3 is 1.65 bits per heavy atom. The molecule has 0 saturated heterocycles. The first-order valence-electron chi connectivity index (χ1n) is 5.44. The first-order valence-corrected chi connectivity index (χ1v) is 9.07. The molecule has 0 aromatic heterocycles. The molecule has 0 unspecified atom stereocenters. The van der Waals surface area contributed by atoms with Gasteiger partial charge in [0.2, 0.25) is 0 Å². The van der Waals surface area contributed by atoms with Gasteiger partial charge in [-0.1, -0.05) is 19.3 Å². The van der Waals surface area contributed by atoms with Gasteiger partial charge in [-0.05, 0) is 12.8 Å². The normalized spacial score (nSPS) is 19.7. The summed E-state index contributed by atoms with van der Waals surface area (Å²) in [5.74, 6) is -0.187. The van der Waals surface area contributed by atoms with Gasteiger partial charge in [-0.15, -0.1) is 0 Å². The van der Waals surface area contributed by atoms with E-state index < -0.39 is 26.5 Å². The summed E-state index contributed by atoms with van der Waals surface area (Å²) in [6.45, 7) is 0. The molecular weight excluding hydrogens is 268 g/mol. The predicted molar refractivity (Wildman–Crippen MR) is 62.2 cm³/mol. The number of rotatable bonds is 5. The molecule has 0 bridgehead atoms. The Morgan fingerprint density at radius 2 is 1.29 bits per heavy atom. The van der Waals surface area contributed by atoms with Gasteiger partial charge in [0.05, 0.1) is 12.5 Å².